The molecule has 0 amide bonds. The van der Waals surface area contributed by atoms with E-state index in [-0.39, 0.29) is 5.03 Å². The Bertz CT molecular complexity index is 152. The highest BCUT2D eigenvalue weighted by Gasteiger charge is 2.07. The van der Waals surface area contributed by atoms with E-state index in [4.69, 9.17) is 33.4 Å². The lowest BCUT2D eigenvalue weighted by molar-refractivity contribution is -0.131. The van der Waals surface area contributed by atoms with Crippen LogP contribution in [0.15, 0.2) is 10.1 Å². The minimum atomic E-state index is -1.34. The number of hydrogen-bond acceptors (Lipinski definition) is 2. The number of hydrogen-bond donors (Lipinski definition) is 2. The van der Waals surface area contributed by atoms with Crippen molar-refractivity contribution in [3.8, 4) is 0 Å². The lowest BCUT2D eigenvalue weighted by atomic mass is 10.5. The van der Waals surface area contributed by atoms with E-state index in [0.29, 0.717) is 0 Å². The Kier molecular flexibility index (Phi) is 3.61. The van der Waals surface area contributed by atoms with E-state index in [2.05, 4.69) is 0 Å². The fourth-order valence-corrected chi connectivity index (χ4v) is 0.326. The van der Waals surface area contributed by atoms with Gasteiger partial charge >= 0.3 is 5.97 Å². The Hall–Kier alpha value is -0.250. The smallest absolute Gasteiger partial charge is 0.348 e. The molecule has 2 N–H and O–H groups in total. The maximum atomic E-state index is 9.91. The summed E-state index contributed by atoms with van der Waals surface area (Å²) in [4.78, 5) is 9.91. The standard InChI is InChI=1S/C4H4Cl2O3/c5-2(1-7)3(6)4(8)9/h7H,1H2,(H,8,9)/b3-2+. The summed E-state index contributed by atoms with van der Waals surface area (Å²) in [6.07, 6.45) is 0. The summed E-state index contributed by atoms with van der Waals surface area (Å²) in [5, 5.41) is 15.5. The maximum Gasteiger partial charge on any atom is 0.348 e. The predicted octanol–water partition coefficient (Wildman–Crippen LogP) is 0.752. The molecule has 0 bridgehead atoms. The number of aliphatic hydroxyl groups excluding tert-OH is 1. The second kappa shape index (κ2) is 3.71. The van der Waals surface area contributed by atoms with E-state index in [9.17, 15) is 4.79 Å². The van der Waals surface area contributed by atoms with Crippen molar-refractivity contribution in [2.24, 2.45) is 0 Å². The average molecular weight is 171 g/mol. The Morgan fingerprint density at radius 1 is 1.44 bits per heavy atom. The number of rotatable bonds is 2. The van der Waals surface area contributed by atoms with E-state index in [1.54, 1.807) is 0 Å². The molecule has 3 nitrogen and oxygen atoms in total. The number of halogens is 2. The quantitative estimate of drug-likeness (QED) is 0.602. The molecule has 5 heteroatoms. The first kappa shape index (κ1) is 8.75. The van der Waals surface area contributed by atoms with Crippen LogP contribution in [0.2, 0.25) is 0 Å². The zero-order valence-electron chi connectivity index (χ0n) is 4.27. The SMILES string of the molecule is O=C(O)/C(Cl)=C(\Cl)CO. The number of carbonyl (C=O) groups is 1. The highest BCUT2D eigenvalue weighted by molar-refractivity contribution is 6.47. The molecular formula is C4H4Cl2O3. The Balaban J connectivity index is 4.28. The van der Waals surface area contributed by atoms with E-state index >= 15 is 0 Å². The molecule has 52 valence electrons. The zero-order valence-corrected chi connectivity index (χ0v) is 5.78. The van der Waals surface area contributed by atoms with Crippen molar-refractivity contribution in [3.05, 3.63) is 10.1 Å². The van der Waals surface area contributed by atoms with Crippen LogP contribution in [-0.2, 0) is 4.79 Å². The lowest BCUT2D eigenvalue weighted by Gasteiger charge is -1.91. The minimum Gasteiger partial charge on any atom is -0.477 e. The van der Waals surface area contributed by atoms with Crippen LogP contribution in [0.3, 0.4) is 0 Å². The summed E-state index contributed by atoms with van der Waals surface area (Å²) >= 11 is 10.2. The van der Waals surface area contributed by atoms with Crippen LogP contribution >= 0.6 is 23.2 Å². The molecule has 0 aliphatic rings. The zero-order chi connectivity index (χ0) is 7.44. The maximum absolute atomic E-state index is 9.91. The van der Waals surface area contributed by atoms with Gasteiger partial charge in [-0.3, -0.25) is 0 Å². The fourth-order valence-electron chi connectivity index (χ4n) is 0.185. The Morgan fingerprint density at radius 2 is 1.89 bits per heavy atom. The van der Waals surface area contributed by atoms with Gasteiger partial charge in [0.2, 0.25) is 0 Å². The molecule has 0 heterocycles. The highest BCUT2D eigenvalue weighted by atomic mass is 35.5. The molecule has 0 radical (unpaired) electrons. The van der Waals surface area contributed by atoms with Gasteiger partial charge in [0, 0.05) is 0 Å². The van der Waals surface area contributed by atoms with Gasteiger partial charge in [-0.05, 0) is 0 Å². The van der Waals surface area contributed by atoms with Crippen LogP contribution in [0.5, 0.6) is 0 Å². The van der Waals surface area contributed by atoms with Gasteiger partial charge in [-0.15, -0.1) is 0 Å². The first-order valence-electron chi connectivity index (χ1n) is 1.98. The fraction of sp³-hybridized carbons (Fsp3) is 0.250. The van der Waals surface area contributed by atoms with Crippen LogP contribution in [0.25, 0.3) is 0 Å². The molecular weight excluding hydrogens is 167 g/mol. The molecule has 0 saturated carbocycles. The van der Waals surface area contributed by atoms with Gasteiger partial charge in [0.15, 0.2) is 0 Å². The number of aliphatic carboxylic acids is 1. The molecule has 0 atom stereocenters. The highest BCUT2D eigenvalue weighted by Crippen LogP contribution is 2.12. The number of carboxylic acid groups (broad SMARTS) is 1. The molecule has 0 aromatic carbocycles. The number of aliphatic hydroxyl groups is 1. The van der Waals surface area contributed by atoms with Gasteiger partial charge < -0.3 is 10.2 Å². The minimum absolute atomic E-state index is 0.260. The molecule has 0 spiro atoms. The van der Waals surface area contributed by atoms with Crippen LogP contribution in [0.1, 0.15) is 0 Å². The van der Waals surface area contributed by atoms with Crippen LogP contribution in [-0.4, -0.2) is 22.8 Å². The molecule has 0 fully saturated rings. The summed E-state index contributed by atoms with van der Waals surface area (Å²) in [5.74, 6) is -1.34. The van der Waals surface area contributed by atoms with Gasteiger partial charge in [0.1, 0.15) is 5.03 Å². The molecule has 0 rings (SSSR count). The van der Waals surface area contributed by atoms with Crippen LogP contribution in [0, 0.1) is 0 Å². The topological polar surface area (TPSA) is 57.5 Å². The largest absolute Gasteiger partial charge is 0.477 e. The van der Waals surface area contributed by atoms with E-state index in [0.717, 1.165) is 0 Å². The van der Waals surface area contributed by atoms with Crippen molar-refractivity contribution in [1.82, 2.24) is 0 Å². The third-order valence-electron chi connectivity index (χ3n) is 0.565. The average Bonchev–Trinajstić information content (AvgIpc) is 1.84. The summed E-state index contributed by atoms with van der Waals surface area (Å²) in [6, 6.07) is 0. The summed E-state index contributed by atoms with van der Waals surface area (Å²) in [5.41, 5.74) is 0. The van der Waals surface area contributed by atoms with Crippen molar-refractivity contribution < 1.29 is 15.0 Å². The third kappa shape index (κ3) is 2.70. The number of carboxylic acids is 1. The second-order valence-corrected chi connectivity index (χ2v) is 2.02. The molecule has 0 unspecified atom stereocenters. The predicted molar refractivity (Wildman–Crippen MR) is 33.5 cm³/mol. The Labute approximate surface area is 61.5 Å². The molecule has 0 aliphatic carbocycles. The molecule has 0 aliphatic heterocycles. The summed E-state index contributed by atoms with van der Waals surface area (Å²) in [7, 11) is 0. The molecule has 0 aromatic heterocycles. The van der Waals surface area contributed by atoms with E-state index in [1.165, 1.54) is 0 Å². The van der Waals surface area contributed by atoms with Crippen molar-refractivity contribution in [1.29, 1.82) is 0 Å². The Morgan fingerprint density at radius 3 is 2.00 bits per heavy atom. The molecule has 0 aromatic rings. The first-order chi connectivity index (χ1) is 4.09. The van der Waals surface area contributed by atoms with Crippen molar-refractivity contribution in [2.45, 2.75) is 0 Å². The van der Waals surface area contributed by atoms with Crippen molar-refractivity contribution >= 4 is 29.2 Å². The molecule has 0 saturated heterocycles. The lowest BCUT2D eigenvalue weighted by Crippen LogP contribution is -1.97. The van der Waals surface area contributed by atoms with Crippen molar-refractivity contribution in [2.75, 3.05) is 6.61 Å². The van der Waals surface area contributed by atoms with Gasteiger partial charge in [-0.2, -0.15) is 0 Å². The van der Waals surface area contributed by atoms with Gasteiger partial charge in [0.25, 0.3) is 0 Å². The molecule has 9 heavy (non-hydrogen) atoms. The summed E-state index contributed by atoms with van der Waals surface area (Å²) in [6.45, 7) is -0.549. The normalized spacial score (nSPS) is 12.8. The van der Waals surface area contributed by atoms with Gasteiger partial charge in [0.05, 0.1) is 11.6 Å². The van der Waals surface area contributed by atoms with Crippen LogP contribution in [0.4, 0.5) is 0 Å². The third-order valence-corrected chi connectivity index (χ3v) is 1.36. The monoisotopic (exact) mass is 170 g/mol. The van der Waals surface area contributed by atoms with Crippen molar-refractivity contribution in [3.63, 3.8) is 0 Å². The van der Waals surface area contributed by atoms with Crippen LogP contribution < -0.4 is 0 Å². The first-order valence-corrected chi connectivity index (χ1v) is 2.73. The van der Waals surface area contributed by atoms with Gasteiger partial charge in [-0.25, -0.2) is 4.79 Å². The summed E-state index contributed by atoms with van der Waals surface area (Å²) < 4.78 is 0. The second-order valence-electron chi connectivity index (χ2n) is 1.18. The van der Waals surface area contributed by atoms with Gasteiger partial charge in [-0.1, -0.05) is 23.2 Å². The van der Waals surface area contributed by atoms with E-state index < -0.39 is 17.6 Å². The van der Waals surface area contributed by atoms with E-state index in [1.807, 2.05) is 0 Å².